The molecule has 2 aromatic rings. The number of hydrazone groups is 1. The first-order chi connectivity index (χ1) is 11.9. The van der Waals surface area contributed by atoms with Crippen LogP contribution in [0.15, 0.2) is 53.6 Å². The number of para-hydroxylation sites is 2. The van der Waals surface area contributed by atoms with Gasteiger partial charge in [0, 0.05) is 0 Å². The molecule has 0 atom stereocenters. The second kappa shape index (κ2) is 8.18. The van der Waals surface area contributed by atoms with E-state index in [9.17, 15) is 18.0 Å². The number of nitrogens with zero attached hydrogens (tertiary/aromatic N) is 1. The number of hydrogen-bond donors (Lipinski definition) is 1. The van der Waals surface area contributed by atoms with Crippen LogP contribution in [0.3, 0.4) is 0 Å². The minimum Gasteiger partial charge on any atom is -0.493 e. The van der Waals surface area contributed by atoms with Crippen LogP contribution in [0, 0.1) is 0 Å². The number of methoxy groups -OCH3 is 1. The summed E-state index contributed by atoms with van der Waals surface area (Å²) in [6.45, 7) is -0.319. The van der Waals surface area contributed by atoms with Gasteiger partial charge in [0.05, 0.1) is 18.9 Å². The molecule has 0 radical (unpaired) electrons. The smallest absolute Gasteiger partial charge is 0.416 e. The summed E-state index contributed by atoms with van der Waals surface area (Å²) >= 11 is 0. The zero-order valence-electron chi connectivity index (χ0n) is 13.2. The van der Waals surface area contributed by atoms with Gasteiger partial charge in [-0.1, -0.05) is 24.3 Å². The number of carbonyl (C=O) groups is 1. The lowest BCUT2D eigenvalue weighted by Crippen LogP contribution is -2.24. The Hall–Kier alpha value is -3.03. The van der Waals surface area contributed by atoms with Crippen molar-refractivity contribution in [3.8, 4) is 11.5 Å². The van der Waals surface area contributed by atoms with Crippen molar-refractivity contribution in [1.29, 1.82) is 0 Å². The maximum Gasteiger partial charge on any atom is 0.416 e. The van der Waals surface area contributed by atoms with Gasteiger partial charge in [0.2, 0.25) is 0 Å². The highest BCUT2D eigenvalue weighted by atomic mass is 19.4. The van der Waals surface area contributed by atoms with Crippen molar-refractivity contribution in [1.82, 2.24) is 5.43 Å². The van der Waals surface area contributed by atoms with Crippen molar-refractivity contribution in [3.05, 3.63) is 59.7 Å². The lowest BCUT2D eigenvalue weighted by molar-refractivity contribution is -0.137. The van der Waals surface area contributed by atoms with E-state index in [1.807, 2.05) is 0 Å². The SMILES string of the molecule is COc1ccccc1OCC(=O)N/N=C/c1cccc(C(F)(F)F)c1. The van der Waals surface area contributed by atoms with Gasteiger partial charge in [0.15, 0.2) is 18.1 Å². The van der Waals surface area contributed by atoms with E-state index >= 15 is 0 Å². The highest BCUT2D eigenvalue weighted by molar-refractivity contribution is 5.83. The van der Waals surface area contributed by atoms with E-state index in [0.717, 1.165) is 18.3 Å². The van der Waals surface area contributed by atoms with Crippen LogP contribution in [0.1, 0.15) is 11.1 Å². The summed E-state index contributed by atoms with van der Waals surface area (Å²) in [5.74, 6) is 0.305. The molecule has 0 saturated heterocycles. The first-order valence-corrected chi connectivity index (χ1v) is 7.15. The fourth-order valence-corrected chi connectivity index (χ4v) is 1.89. The van der Waals surface area contributed by atoms with Crippen LogP contribution >= 0.6 is 0 Å². The number of hydrogen-bond acceptors (Lipinski definition) is 4. The lowest BCUT2D eigenvalue weighted by atomic mass is 10.1. The molecular formula is C17H15F3N2O3. The van der Waals surface area contributed by atoms with Gasteiger partial charge in [-0.15, -0.1) is 0 Å². The summed E-state index contributed by atoms with van der Waals surface area (Å²) in [6.07, 6.45) is -3.31. The van der Waals surface area contributed by atoms with Crippen LogP contribution < -0.4 is 14.9 Å². The Bertz CT molecular complexity index is 761. The van der Waals surface area contributed by atoms with Crippen LogP contribution in [0.4, 0.5) is 13.2 Å². The van der Waals surface area contributed by atoms with Crippen molar-refractivity contribution in [3.63, 3.8) is 0 Å². The molecule has 1 amide bonds. The number of carbonyl (C=O) groups excluding carboxylic acids is 1. The number of nitrogens with one attached hydrogen (secondary N) is 1. The average Bonchev–Trinajstić information content (AvgIpc) is 2.59. The van der Waals surface area contributed by atoms with Gasteiger partial charge < -0.3 is 9.47 Å². The second-order valence-electron chi connectivity index (χ2n) is 4.86. The number of halogens is 3. The number of ether oxygens (including phenoxy) is 2. The molecule has 25 heavy (non-hydrogen) atoms. The molecule has 0 fully saturated rings. The van der Waals surface area contributed by atoms with Gasteiger partial charge in [0.25, 0.3) is 5.91 Å². The molecule has 0 aliphatic carbocycles. The normalized spacial score (nSPS) is 11.4. The predicted molar refractivity (Wildman–Crippen MR) is 85.7 cm³/mol. The molecular weight excluding hydrogens is 337 g/mol. The van der Waals surface area contributed by atoms with Crippen LogP contribution in [-0.4, -0.2) is 25.8 Å². The quantitative estimate of drug-likeness (QED) is 0.641. The third-order valence-electron chi connectivity index (χ3n) is 3.04. The summed E-state index contributed by atoms with van der Waals surface area (Å²) < 4.78 is 48.2. The molecule has 0 aliphatic heterocycles. The minimum atomic E-state index is -4.43. The molecule has 0 spiro atoms. The molecule has 0 aromatic heterocycles. The molecule has 1 N–H and O–H groups in total. The monoisotopic (exact) mass is 352 g/mol. The van der Waals surface area contributed by atoms with E-state index in [1.165, 1.54) is 19.2 Å². The zero-order chi connectivity index (χ0) is 18.3. The molecule has 0 aliphatic rings. The third-order valence-corrected chi connectivity index (χ3v) is 3.04. The molecule has 0 heterocycles. The first kappa shape index (κ1) is 18.3. The largest absolute Gasteiger partial charge is 0.493 e. The summed E-state index contributed by atoms with van der Waals surface area (Å²) in [6, 6.07) is 11.4. The van der Waals surface area contributed by atoms with Gasteiger partial charge >= 0.3 is 6.18 Å². The number of rotatable bonds is 6. The van der Waals surface area contributed by atoms with Gasteiger partial charge in [-0.25, -0.2) is 5.43 Å². The molecule has 0 bridgehead atoms. The highest BCUT2D eigenvalue weighted by Gasteiger charge is 2.30. The van der Waals surface area contributed by atoms with Crippen molar-refractivity contribution in [2.24, 2.45) is 5.10 Å². The Morgan fingerprint density at radius 2 is 1.88 bits per heavy atom. The number of alkyl halides is 3. The van der Waals surface area contributed by atoms with Gasteiger partial charge in [0.1, 0.15) is 0 Å². The molecule has 0 saturated carbocycles. The topological polar surface area (TPSA) is 59.9 Å². The van der Waals surface area contributed by atoms with Gasteiger partial charge in [-0.05, 0) is 29.8 Å². The molecule has 2 rings (SSSR count). The summed E-state index contributed by atoms with van der Waals surface area (Å²) in [5, 5.41) is 3.62. The van der Waals surface area contributed by atoms with E-state index in [4.69, 9.17) is 9.47 Å². The third kappa shape index (κ3) is 5.52. The predicted octanol–water partition coefficient (Wildman–Crippen LogP) is 3.24. The Labute approximate surface area is 142 Å². The summed E-state index contributed by atoms with van der Waals surface area (Å²) in [5.41, 5.74) is 1.60. The second-order valence-corrected chi connectivity index (χ2v) is 4.86. The molecule has 8 heteroatoms. The lowest BCUT2D eigenvalue weighted by Gasteiger charge is -2.09. The zero-order valence-corrected chi connectivity index (χ0v) is 13.2. The van der Waals surface area contributed by atoms with Crippen molar-refractivity contribution in [2.75, 3.05) is 13.7 Å². The van der Waals surface area contributed by atoms with E-state index in [1.54, 1.807) is 24.3 Å². The van der Waals surface area contributed by atoms with Gasteiger partial charge in [-0.3, -0.25) is 4.79 Å². The Morgan fingerprint density at radius 1 is 1.16 bits per heavy atom. The van der Waals surface area contributed by atoms with E-state index in [2.05, 4.69) is 10.5 Å². The molecule has 0 unspecified atom stereocenters. The van der Waals surface area contributed by atoms with Crippen LogP contribution in [-0.2, 0) is 11.0 Å². The van der Waals surface area contributed by atoms with Crippen molar-refractivity contribution < 1.29 is 27.4 Å². The van der Waals surface area contributed by atoms with Crippen molar-refractivity contribution >= 4 is 12.1 Å². The maximum absolute atomic E-state index is 12.6. The Balaban J connectivity index is 1.88. The number of benzene rings is 2. The maximum atomic E-state index is 12.6. The first-order valence-electron chi connectivity index (χ1n) is 7.15. The standard InChI is InChI=1S/C17H15F3N2O3/c1-24-14-7-2-3-8-15(14)25-11-16(23)22-21-10-12-5-4-6-13(9-12)17(18,19)20/h2-10H,11H2,1H3,(H,22,23)/b21-10+. The average molecular weight is 352 g/mol. The van der Waals surface area contributed by atoms with Crippen LogP contribution in [0.5, 0.6) is 11.5 Å². The fourth-order valence-electron chi connectivity index (χ4n) is 1.89. The van der Waals surface area contributed by atoms with E-state index < -0.39 is 17.6 Å². The summed E-state index contributed by atoms with van der Waals surface area (Å²) in [7, 11) is 1.47. The number of amides is 1. The minimum absolute atomic E-state index is 0.209. The van der Waals surface area contributed by atoms with Gasteiger partial charge in [-0.2, -0.15) is 18.3 Å². The van der Waals surface area contributed by atoms with E-state index in [0.29, 0.717) is 11.5 Å². The van der Waals surface area contributed by atoms with Crippen molar-refractivity contribution in [2.45, 2.75) is 6.18 Å². The van der Waals surface area contributed by atoms with E-state index in [-0.39, 0.29) is 12.2 Å². The summed E-state index contributed by atoms with van der Waals surface area (Å²) in [4.78, 5) is 11.7. The fraction of sp³-hybridized carbons (Fsp3) is 0.176. The van der Waals surface area contributed by atoms with Crippen LogP contribution in [0.25, 0.3) is 0 Å². The molecule has 5 nitrogen and oxygen atoms in total. The highest BCUT2D eigenvalue weighted by Crippen LogP contribution is 2.29. The Morgan fingerprint density at radius 3 is 2.56 bits per heavy atom. The Kier molecular flexibility index (Phi) is 5.99. The van der Waals surface area contributed by atoms with Crippen LogP contribution in [0.2, 0.25) is 0 Å². The molecule has 2 aromatic carbocycles. The molecule has 132 valence electrons.